The SMILES string of the molecule is C=C(C)C(N)=O.CO.COC(=O)[C@H]1[C@H]2C[C@@H]3c4[nH]c5cc(OC)ccc5c4CCN3C[C@H]2C[C@@H](OC(=O)c2cc(OC)c(OC)c(OC)c2)[C@@H]1OC. The molecule has 52 heavy (non-hydrogen) atoms. The number of primary amides is 1. The molecule has 1 aliphatic carbocycles. The van der Waals surface area contributed by atoms with Crippen LogP contribution in [0.1, 0.15) is 47.4 Å². The summed E-state index contributed by atoms with van der Waals surface area (Å²) in [5.41, 5.74) is 8.92. The lowest BCUT2D eigenvalue weighted by molar-refractivity contribution is -0.176. The van der Waals surface area contributed by atoms with Gasteiger partial charge in [-0.2, -0.15) is 0 Å². The average Bonchev–Trinajstić information content (AvgIpc) is 3.54. The van der Waals surface area contributed by atoms with E-state index in [2.05, 4.69) is 22.5 Å². The van der Waals surface area contributed by atoms with E-state index in [1.165, 1.54) is 45.1 Å². The van der Waals surface area contributed by atoms with Crippen LogP contribution in [0.5, 0.6) is 23.0 Å². The molecule has 2 aromatic carbocycles. The third kappa shape index (κ3) is 7.98. The van der Waals surface area contributed by atoms with Gasteiger partial charge in [-0.15, -0.1) is 0 Å². The number of benzene rings is 2. The van der Waals surface area contributed by atoms with Crippen LogP contribution in [-0.2, 0) is 30.2 Å². The lowest BCUT2D eigenvalue weighted by atomic mass is 9.63. The van der Waals surface area contributed by atoms with Crippen molar-refractivity contribution in [3.05, 3.63) is 59.3 Å². The van der Waals surface area contributed by atoms with E-state index in [9.17, 15) is 14.4 Å². The number of carbonyl (C=O) groups is 3. The number of aromatic amines is 1. The number of nitrogens with one attached hydrogen (secondary N) is 1. The molecule has 6 atom stereocenters. The Morgan fingerprint density at radius 3 is 2.13 bits per heavy atom. The van der Waals surface area contributed by atoms with Gasteiger partial charge >= 0.3 is 11.9 Å². The summed E-state index contributed by atoms with van der Waals surface area (Å²) in [5, 5.41) is 8.21. The Kier molecular flexibility index (Phi) is 13.6. The first-order valence-electron chi connectivity index (χ1n) is 16.9. The summed E-state index contributed by atoms with van der Waals surface area (Å²) in [7, 11) is 10.1. The predicted octanol–water partition coefficient (Wildman–Crippen LogP) is 3.83. The molecule has 2 aliphatic heterocycles. The second-order valence-electron chi connectivity index (χ2n) is 12.8. The summed E-state index contributed by atoms with van der Waals surface area (Å²) in [6.45, 7) is 6.53. The minimum absolute atomic E-state index is 0.0170. The van der Waals surface area contributed by atoms with Gasteiger partial charge in [0.2, 0.25) is 11.7 Å². The van der Waals surface area contributed by atoms with Crippen LogP contribution < -0.4 is 24.7 Å². The van der Waals surface area contributed by atoms with Crippen LogP contribution >= 0.6 is 0 Å². The van der Waals surface area contributed by atoms with Crippen LogP contribution in [0.25, 0.3) is 10.9 Å². The number of esters is 2. The van der Waals surface area contributed by atoms with Crippen LogP contribution in [0.15, 0.2) is 42.5 Å². The molecule has 14 nitrogen and oxygen atoms in total. The van der Waals surface area contributed by atoms with Gasteiger partial charge in [-0.25, -0.2) is 4.79 Å². The number of piperidine rings is 1. The van der Waals surface area contributed by atoms with E-state index in [0.717, 1.165) is 44.3 Å². The van der Waals surface area contributed by atoms with E-state index < -0.39 is 30.0 Å². The molecule has 3 aliphatic rings. The molecule has 0 radical (unpaired) electrons. The minimum Gasteiger partial charge on any atom is -0.497 e. The quantitative estimate of drug-likeness (QED) is 0.215. The fraction of sp³-hybridized carbons (Fsp3) is 0.500. The van der Waals surface area contributed by atoms with Gasteiger partial charge in [0.05, 0.1) is 53.1 Å². The van der Waals surface area contributed by atoms with Gasteiger partial charge in [-0.1, -0.05) is 6.58 Å². The molecule has 3 aromatic rings. The molecule has 284 valence electrons. The molecule has 1 aromatic heterocycles. The van der Waals surface area contributed by atoms with Crippen LogP contribution in [0.2, 0.25) is 0 Å². The molecular formula is C38H51N3O11. The van der Waals surface area contributed by atoms with Crippen LogP contribution in [0.3, 0.4) is 0 Å². The van der Waals surface area contributed by atoms with Crippen LogP contribution in [0, 0.1) is 17.8 Å². The Morgan fingerprint density at radius 2 is 1.60 bits per heavy atom. The van der Waals surface area contributed by atoms with Crippen molar-refractivity contribution in [1.82, 2.24) is 9.88 Å². The van der Waals surface area contributed by atoms with Crippen molar-refractivity contribution in [1.29, 1.82) is 0 Å². The molecule has 1 amide bonds. The first-order chi connectivity index (χ1) is 25.0. The first-order valence-corrected chi connectivity index (χ1v) is 16.9. The predicted molar refractivity (Wildman–Crippen MR) is 193 cm³/mol. The first kappa shape index (κ1) is 40.0. The smallest absolute Gasteiger partial charge is 0.338 e. The molecule has 2 fully saturated rings. The summed E-state index contributed by atoms with van der Waals surface area (Å²) < 4.78 is 39.1. The van der Waals surface area contributed by atoms with E-state index in [1.54, 1.807) is 33.3 Å². The number of ether oxygens (including phenoxy) is 7. The highest BCUT2D eigenvalue weighted by Crippen LogP contribution is 2.51. The Morgan fingerprint density at radius 1 is 0.942 bits per heavy atom. The summed E-state index contributed by atoms with van der Waals surface area (Å²) in [5.74, 6) is 0.00544. The number of aromatic nitrogens is 1. The number of rotatable bonds is 9. The fourth-order valence-electron chi connectivity index (χ4n) is 7.76. The summed E-state index contributed by atoms with van der Waals surface area (Å²) in [4.78, 5) is 43.0. The zero-order valence-corrected chi connectivity index (χ0v) is 31.1. The number of hydrogen-bond donors (Lipinski definition) is 3. The second-order valence-corrected chi connectivity index (χ2v) is 12.8. The molecule has 1 saturated heterocycles. The minimum atomic E-state index is -0.670. The number of aliphatic hydroxyl groups is 1. The number of carbonyl (C=O) groups excluding carboxylic acids is 3. The molecule has 1 saturated carbocycles. The molecule has 4 N–H and O–H groups in total. The highest BCUT2D eigenvalue weighted by molar-refractivity contribution is 5.92. The van der Waals surface area contributed by atoms with E-state index >= 15 is 0 Å². The molecule has 3 heterocycles. The number of H-pyrrole nitrogens is 1. The molecule has 14 heteroatoms. The third-order valence-electron chi connectivity index (χ3n) is 10.2. The Hall–Kier alpha value is -4.79. The number of fused-ring (bicyclic) bond motifs is 6. The van der Waals surface area contributed by atoms with Gasteiger partial charge in [0.15, 0.2) is 11.5 Å². The summed E-state index contributed by atoms with van der Waals surface area (Å²) in [6.07, 6.45) is 0.920. The third-order valence-corrected chi connectivity index (χ3v) is 10.2. The van der Waals surface area contributed by atoms with Crippen LogP contribution in [-0.4, -0.2) is 108 Å². The zero-order chi connectivity index (χ0) is 38.3. The van der Waals surface area contributed by atoms with Gasteiger partial charge in [0.1, 0.15) is 18.0 Å². The maximum Gasteiger partial charge on any atom is 0.338 e. The maximum absolute atomic E-state index is 13.5. The molecule has 0 unspecified atom stereocenters. The van der Waals surface area contributed by atoms with E-state index in [0.29, 0.717) is 29.2 Å². The Labute approximate surface area is 304 Å². The van der Waals surface area contributed by atoms with Gasteiger partial charge in [-0.05, 0) is 67.9 Å². The van der Waals surface area contributed by atoms with Crippen molar-refractivity contribution in [3.63, 3.8) is 0 Å². The van der Waals surface area contributed by atoms with Crippen LogP contribution in [0.4, 0.5) is 0 Å². The van der Waals surface area contributed by atoms with Gasteiger partial charge in [0.25, 0.3) is 0 Å². The Bertz CT molecular complexity index is 1720. The highest BCUT2D eigenvalue weighted by atomic mass is 16.6. The van der Waals surface area contributed by atoms with Gasteiger partial charge < -0.3 is 49.0 Å². The summed E-state index contributed by atoms with van der Waals surface area (Å²) >= 11 is 0. The number of hydrogen-bond acceptors (Lipinski definition) is 12. The number of nitrogens with zero attached hydrogens (tertiary/aromatic N) is 1. The fourth-order valence-corrected chi connectivity index (χ4v) is 7.76. The van der Waals surface area contributed by atoms with E-state index in [4.69, 9.17) is 44.0 Å². The number of amides is 1. The topological polar surface area (TPSA) is 181 Å². The molecular weight excluding hydrogens is 674 g/mol. The van der Waals surface area contributed by atoms with E-state index in [1.807, 2.05) is 12.1 Å². The number of aliphatic hydroxyl groups excluding tert-OH is 1. The highest BCUT2D eigenvalue weighted by Gasteiger charge is 2.54. The second kappa shape index (κ2) is 17.6. The van der Waals surface area contributed by atoms with Crippen molar-refractivity contribution in [2.75, 3.05) is 62.9 Å². The Balaban J connectivity index is 0.000000688. The maximum atomic E-state index is 13.5. The van der Waals surface area contributed by atoms with Crippen molar-refractivity contribution in [3.8, 4) is 23.0 Å². The molecule has 0 bridgehead atoms. The van der Waals surface area contributed by atoms with Crippen molar-refractivity contribution in [2.45, 2.75) is 44.4 Å². The lowest BCUT2D eigenvalue weighted by Gasteiger charge is -2.52. The van der Waals surface area contributed by atoms with Gasteiger partial charge in [0, 0.05) is 55.5 Å². The monoisotopic (exact) mass is 725 g/mol. The summed E-state index contributed by atoms with van der Waals surface area (Å²) in [6, 6.07) is 9.40. The van der Waals surface area contributed by atoms with Crippen molar-refractivity contribution >= 4 is 28.7 Å². The lowest BCUT2D eigenvalue weighted by Crippen LogP contribution is -2.58. The largest absolute Gasteiger partial charge is 0.497 e. The number of methoxy groups -OCH3 is 6. The van der Waals surface area contributed by atoms with Gasteiger partial charge in [-0.3, -0.25) is 14.5 Å². The molecule has 0 spiro atoms. The number of nitrogens with two attached hydrogens (primary N) is 1. The molecule has 6 rings (SSSR count). The van der Waals surface area contributed by atoms with Crippen molar-refractivity contribution in [2.24, 2.45) is 23.5 Å². The van der Waals surface area contributed by atoms with Crippen molar-refractivity contribution < 1.29 is 52.6 Å². The normalized spacial score (nSPS) is 23.1. The standard InChI is InChI=1S/C33H40N2O9.C4H7NO.CH4O/c1-38-19-7-8-20-21-9-10-35-16-18-13-27(44-32(36)17-11-25(39-2)30(41-4)26(12-17)40-3)31(42-5)28(33(37)43-6)22(18)15-24(35)29(21)34-23(20)14-19;1-3(2)4(5)6;1-2/h7-8,11-12,14,18,22,24,27-28,31,34H,9-10,13,15-16H2,1-6H3;1H2,2H3,(H2,5,6);2H,1H3/t18-,22+,24-,27-,28+,31+;;/m1../s1. The van der Waals surface area contributed by atoms with E-state index in [-0.39, 0.29) is 29.4 Å². The average molecular weight is 726 g/mol. The zero-order valence-electron chi connectivity index (χ0n) is 31.1.